The number of hydrogen-bond donors (Lipinski definition) is 1. The number of rotatable bonds is 7. The highest BCUT2D eigenvalue weighted by atomic mass is 16.6. The molecule has 0 radical (unpaired) electrons. The van der Waals surface area contributed by atoms with Crippen LogP contribution in [-0.2, 0) is 9.63 Å². The Bertz CT molecular complexity index is 911. The van der Waals surface area contributed by atoms with Gasteiger partial charge >= 0.3 is 6.02 Å². The molecule has 7 heteroatoms. The van der Waals surface area contributed by atoms with E-state index in [1.54, 1.807) is 6.21 Å². The quantitative estimate of drug-likeness (QED) is 0.331. The fourth-order valence-electron chi connectivity index (χ4n) is 5.06. The number of amidine groups is 1. The molecule has 1 amide bonds. The second-order valence-corrected chi connectivity index (χ2v) is 10.4. The van der Waals surface area contributed by atoms with Crippen LogP contribution in [-0.4, -0.2) is 60.7 Å². The number of carbonyl (C=O) groups excluding carboxylic acids is 1. The van der Waals surface area contributed by atoms with Crippen LogP contribution in [0.5, 0.6) is 5.75 Å². The monoisotopic (exact) mass is 480 g/mol. The summed E-state index contributed by atoms with van der Waals surface area (Å²) in [6.07, 6.45) is 11.0. The average Bonchev–Trinajstić information content (AvgIpc) is 3.43. The van der Waals surface area contributed by atoms with Gasteiger partial charge in [0.25, 0.3) is 0 Å². The summed E-state index contributed by atoms with van der Waals surface area (Å²) >= 11 is 0. The fourth-order valence-corrected chi connectivity index (χ4v) is 5.06. The van der Waals surface area contributed by atoms with Gasteiger partial charge in [-0.1, -0.05) is 37.2 Å². The second kappa shape index (κ2) is 12.2. The van der Waals surface area contributed by atoms with E-state index in [4.69, 9.17) is 15.0 Å². The largest absolute Gasteiger partial charge is 0.493 e. The van der Waals surface area contributed by atoms with E-state index in [0.717, 1.165) is 76.9 Å². The molecule has 2 heterocycles. The maximum atomic E-state index is 12.7. The molecule has 1 N–H and O–H groups in total. The molecule has 1 unspecified atom stereocenters. The van der Waals surface area contributed by atoms with Crippen LogP contribution >= 0.6 is 0 Å². The topological polar surface area (TPSA) is 78.2 Å². The third kappa shape index (κ3) is 7.09. The molecule has 7 nitrogen and oxygen atoms in total. The van der Waals surface area contributed by atoms with Crippen LogP contribution in [0.3, 0.4) is 0 Å². The first-order valence-corrected chi connectivity index (χ1v) is 13.2. The Kier molecular flexibility index (Phi) is 8.83. The molecule has 0 bridgehead atoms. The minimum Gasteiger partial charge on any atom is -0.493 e. The number of amides is 1. The van der Waals surface area contributed by atoms with Crippen molar-refractivity contribution in [1.82, 2.24) is 9.80 Å². The van der Waals surface area contributed by atoms with E-state index >= 15 is 0 Å². The van der Waals surface area contributed by atoms with Crippen molar-refractivity contribution < 1.29 is 14.4 Å². The van der Waals surface area contributed by atoms with Gasteiger partial charge in [0, 0.05) is 38.3 Å². The van der Waals surface area contributed by atoms with E-state index in [2.05, 4.69) is 40.4 Å². The molecule has 0 aromatic heterocycles. The minimum absolute atomic E-state index is 0.126. The summed E-state index contributed by atoms with van der Waals surface area (Å²) in [6.45, 7) is 8.21. The van der Waals surface area contributed by atoms with Gasteiger partial charge in [-0.25, -0.2) is 5.41 Å². The van der Waals surface area contributed by atoms with E-state index in [9.17, 15) is 4.79 Å². The van der Waals surface area contributed by atoms with Gasteiger partial charge in [-0.3, -0.25) is 4.79 Å². The summed E-state index contributed by atoms with van der Waals surface area (Å²) in [4.78, 5) is 21.8. The van der Waals surface area contributed by atoms with E-state index < -0.39 is 0 Å². The number of nitrogens with zero attached hydrogens (tertiary/aromatic N) is 3. The third-order valence-electron chi connectivity index (χ3n) is 7.29. The van der Waals surface area contributed by atoms with Crippen LogP contribution < -0.4 is 4.74 Å². The van der Waals surface area contributed by atoms with Crippen LogP contribution in [0.4, 0.5) is 0 Å². The number of ether oxygens (including phenoxy) is 1. The molecule has 190 valence electrons. The van der Waals surface area contributed by atoms with Crippen molar-refractivity contribution >= 4 is 23.7 Å². The molecule has 0 spiro atoms. The molecule has 0 saturated carbocycles. The van der Waals surface area contributed by atoms with Crippen LogP contribution in [0.15, 0.2) is 35.5 Å². The Labute approximate surface area is 209 Å². The van der Waals surface area contributed by atoms with Crippen LogP contribution in [0.2, 0.25) is 0 Å². The number of oxime groups is 1. The van der Waals surface area contributed by atoms with Crippen molar-refractivity contribution in [2.75, 3.05) is 32.8 Å². The van der Waals surface area contributed by atoms with Crippen LogP contribution in [0.1, 0.15) is 64.4 Å². The lowest BCUT2D eigenvalue weighted by Gasteiger charge is -2.31. The zero-order valence-corrected chi connectivity index (χ0v) is 21.2. The van der Waals surface area contributed by atoms with Crippen molar-refractivity contribution in [1.29, 1.82) is 5.41 Å². The summed E-state index contributed by atoms with van der Waals surface area (Å²) in [5.41, 5.74) is 2.58. The van der Waals surface area contributed by atoms with E-state index in [1.165, 1.54) is 11.1 Å². The summed E-state index contributed by atoms with van der Waals surface area (Å²) < 4.78 is 6.08. The van der Waals surface area contributed by atoms with Gasteiger partial charge in [0.05, 0.1) is 6.61 Å². The standard InChI is InChI=1S/C28H40N4O3/c1-21(2)19-30-35-28(29)32-17-13-22(14-18-32)20-34-26-11-9-24(10-12-26)23-5-7-25(8-6-23)27(33)31-15-3-4-16-31/h5,9-12,19,21-22,25,29H,3-4,6-8,13-18,20H2,1-2H3/b29-28?,30-19+. The Balaban J connectivity index is 1.18. The highest BCUT2D eigenvalue weighted by Gasteiger charge is 2.28. The summed E-state index contributed by atoms with van der Waals surface area (Å²) in [7, 11) is 0. The Hall–Kier alpha value is -2.83. The van der Waals surface area contributed by atoms with Crippen molar-refractivity contribution in [3.05, 3.63) is 35.9 Å². The molecule has 4 rings (SSSR count). The lowest BCUT2D eigenvalue weighted by Crippen LogP contribution is -2.39. The molecular formula is C28H40N4O3. The summed E-state index contributed by atoms with van der Waals surface area (Å²) in [6, 6.07) is 8.53. The van der Waals surface area contributed by atoms with Gasteiger partial charge < -0.3 is 19.4 Å². The highest BCUT2D eigenvalue weighted by Crippen LogP contribution is 2.32. The zero-order valence-electron chi connectivity index (χ0n) is 21.2. The van der Waals surface area contributed by atoms with Crippen LogP contribution in [0.25, 0.3) is 5.57 Å². The SMILES string of the molecule is CC(C)/C=N/OC(=N)N1CCC(COc2ccc(C3=CCC(C(=O)N4CCCC4)CC3)cc2)CC1. The first-order valence-electron chi connectivity index (χ1n) is 13.2. The van der Waals surface area contributed by atoms with Crippen molar-refractivity contribution in [2.45, 2.75) is 58.8 Å². The molecular weight excluding hydrogens is 440 g/mol. The summed E-state index contributed by atoms with van der Waals surface area (Å²) in [5.74, 6) is 2.20. The van der Waals surface area contributed by atoms with Crippen molar-refractivity contribution in [2.24, 2.45) is 22.9 Å². The highest BCUT2D eigenvalue weighted by molar-refractivity contribution is 5.81. The smallest absolute Gasteiger partial charge is 0.314 e. The number of hydrogen-bond acceptors (Lipinski definition) is 5. The van der Waals surface area contributed by atoms with Gasteiger partial charge in [0.1, 0.15) is 5.75 Å². The predicted molar refractivity (Wildman–Crippen MR) is 140 cm³/mol. The number of piperidine rings is 1. The zero-order chi connectivity index (χ0) is 24.6. The van der Waals surface area contributed by atoms with Gasteiger partial charge in [-0.2, -0.15) is 0 Å². The molecule has 1 aromatic rings. The number of likely N-dealkylation sites (tertiary alicyclic amines) is 2. The third-order valence-corrected chi connectivity index (χ3v) is 7.29. The first-order chi connectivity index (χ1) is 17.0. The number of carbonyl (C=O) groups is 1. The molecule has 1 atom stereocenters. The number of allylic oxidation sites excluding steroid dienone is 2. The van der Waals surface area contributed by atoms with E-state index in [0.29, 0.717) is 24.3 Å². The average molecular weight is 481 g/mol. The lowest BCUT2D eigenvalue weighted by atomic mass is 9.86. The lowest BCUT2D eigenvalue weighted by molar-refractivity contribution is -0.134. The molecule has 35 heavy (non-hydrogen) atoms. The molecule has 2 fully saturated rings. The molecule has 2 saturated heterocycles. The van der Waals surface area contributed by atoms with Crippen molar-refractivity contribution in [3.63, 3.8) is 0 Å². The second-order valence-electron chi connectivity index (χ2n) is 10.4. The first kappa shape index (κ1) is 25.3. The molecule has 1 aliphatic carbocycles. The van der Waals surface area contributed by atoms with E-state index in [-0.39, 0.29) is 11.9 Å². The van der Waals surface area contributed by atoms with Gasteiger partial charge in [0.15, 0.2) is 0 Å². The number of benzene rings is 1. The molecule has 3 aliphatic rings. The van der Waals surface area contributed by atoms with E-state index in [1.807, 2.05) is 18.7 Å². The maximum Gasteiger partial charge on any atom is 0.314 e. The Morgan fingerprint density at radius 3 is 2.43 bits per heavy atom. The van der Waals surface area contributed by atoms with Crippen LogP contribution in [0, 0.1) is 23.2 Å². The fraction of sp³-hybridized carbons (Fsp3) is 0.607. The van der Waals surface area contributed by atoms with Gasteiger partial charge in [0.2, 0.25) is 5.91 Å². The molecule has 2 aliphatic heterocycles. The maximum absolute atomic E-state index is 12.7. The number of nitrogens with one attached hydrogen (secondary N) is 1. The summed E-state index contributed by atoms with van der Waals surface area (Å²) in [5, 5.41) is 11.9. The Morgan fingerprint density at radius 2 is 1.80 bits per heavy atom. The molecule has 1 aromatic carbocycles. The predicted octanol–water partition coefficient (Wildman–Crippen LogP) is 5.18. The van der Waals surface area contributed by atoms with Gasteiger partial charge in [-0.15, -0.1) is 0 Å². The Morgan fingerprint density at radius 1 is 1.09 bits per heavy atom. The van der Waals surface area contributed by atoms with Gasteiger partial charge in [-0.05, 0) is 80.1 Å². The van der Waals surface area contributed by atoms with Crippen molar-refractivity contribution in [3.8, 4) is 5.75 Å². The minimum atomic E-state index is 0.126. The normalized spacial score (nSPS) is 21.5.